The topological polar surface area (TPSA) is 94.9 Å². The Morgan fingerprint density at radius 1 is 1.04 bits per heavy atom. The zero-order valence-corrected chi connectivity index (χ0v) is 14.5. The van der Waals surface area contributed by atoms with Crippen molar-refractivity contribution in [2.75, 3.05) is 13.2 Å². The summed E-state index contributed by atoms with van der Waals surface area (Å²) in [6, 6.07) is 12.9. The maximum Gasteiger partial charge on any atom is 0.272 e. The SMILES string of the molecule is Cc1nc(-c2n[nH]c(=O)c3ccccc23)n(-c2ccc3c(c2)OCCO3)n1. The molecule has 0 saturated heterocycles. The van der Waals surface area contributed by atoms with Gasteiger partial charge in [0.05, 0.1) is 11.1 Å². The fourth-order valence-corrected chi connectivity index (χ4v) is 3.20. The minimum atomic E-state index is -0.239. The van der Waals surface area contributed by atoms with Crippen LogP contribution in [0.3, 0.4) is 0 Å². The lowest BCUT2D eigenvalue weighted by Gasteiger charge is -2.19. The van der Waals surface area contributed by atoms with Gasteiger partial charge < -0.3 is 9.47 Å². The smallest absolute Gasteiger partial charge is 0.272 e. The summed E-state index contributed by atoms with van der Waals surface area (Å²) in [6.07, 6.45) is 0. The van der Waals surface area contributed by atoms with Crippen LogP contribution in [0.4, 0.5) is 0 Å². The van der Waals surface area contributed by atoms with E-state index in [0.29, 0.717) is 52.8 Å². The fourth-order valence-electron chi connectivity index (χ4n) is 3.20. The monoisotopic (exact) mass is 361 g/mol. The molecule has 8 heteroatoms. The number of ether oxygens (including phenoxy) is 2. The molecule has 0 radical (unpaired) electrons. The summed E-state index contributed by atoms with van der Waals surface area (Å²) >= 11 is 0. The van der Waals surface area contributed by atoms with Gasteiger partial charge in [-0.05, 0) is 25.1 Å². The first-order valence-corrected chi connectivity index (χ1v) is 8.52. The van der Waals surface area contributed by atoms with Crippen molar-refractivity contribution in [1.29, 1.82) is 0 Å². The molecular formula is C19H15N5O3. The van der Waals surface area contributed by atoms with E-state index in [4.69, 9.17) is 9.47 Å². The van der Waals surface area contributed by atoms with Crippen LogP contribution in [-0.2, 0) is 0 Å². The van der Waals surface area contributed by atoms with E-state index < -0.39 is 0 Å². The van der Waals surface area contributed by atoms with Crippen molar-refractivity contribution in [3.63, 3.8) is 0 Å². The van der Waals surface area contributed by atoms with Crippen LogP contribution < -0.4 is 15.0 Å². The van der Waals surface area contributed by atoms with Gasteiger partial charge in [-0.3, -0.25) is 4.79 Å². The average Bonchev–Trinajstić information content (AvgIpc) is 3.09. The molecular weight excluding hydrogens is 346 g/mol. The van der Waals surface area contributed by atoms with Crippen LogP contribution in [0.1, 0.15) is 5.82 Å². The largest absolute Gasteiger partial charge is 0.486 e. The molecule has 0 amide bonds. The zero-order chi connectivity index (χ0) is 18.4. The lowest BCUT2D eigenvalue weighted by atomic mass is 10.1. The van der Waals surface area contributed by atoms with E-state index in [2.05, 4.69) is 20.3 Å². The summed E-state index contributed by atoms with van der Waals surface area (Å²) in [7, 11) is 0. The molecule has 8 nitrogen and oxygen atoms in total. The highest BCUT2D eigenvalue weighted by atomic mass is 16.6. The Morgan fingerprint density at radius 2 is 1.81 bits per heavy atom. The second-order valence-electron chi connectivity index (χ2n) is 6.17. The third-order valence-electron chi connectivity index (χ3n) is 4.39. The lowest BCUT2D eigenvalue weighted by molar-refractivity contribution is 0.171. The molecule has 0 aliphatic carbocycles. The fraction of sp³-hybridized carbons (Fsp3) is 0.158. The number of aryl methyl sites for hydroxylation is 1. The summed E-state index contributed by atoms with van der Waals surface area (Å²) in [4.78, 5) is 16.6. The Morgan fingerprint density at radius 3 is 2.67 bits per heavy atom. The molecule has 0 unspecified atom stereocenters. The van der Waals surface area contributed by atoms with E-state index in [9.17, 15) is 4.79 Å². The third kappa shape index (κ3) is 2.53. The Balaban J connectivity index is 1.73. The van der Waals surface area contributed by atoms with Gasteiger partial charge in [0.2, 0.25) is 0 Å². The molecule has 1 aliphatic rings. The molecule has 1 N–H and O–H groups in total. The van der Waals surface area contributed by atoms with Crippen LogP contribution >= 0.6 is 0 Å². The van der Waals surface area contributed by atoms with Gasteiger partial charge in [-0.2, -0.15) is 10.2 Å². The number of aromatic nitrogens is 5. The van der Waals surface area contributed by atoms with Gasteiger partial charge in [0.1, 0.15) is 24.7 Å². The minimum Gasteiger partial charge on any atom is -0.486 e. The van der Waals surface area contributed by atoms with Gasteiger partial charge >= 0.3 is 0 Å². The molecule has 2 aromatic carbocycles. The highest BCUT2D eigenvalue weighted by molar-refractivity contribution is 5.92. The Hall–Kier alpha value is -3.68. The number of nitrogens with one attached hydrogen (secondary N) is 1. The number of nitrogens with zero attached hydrogens (tertiary/aromatic N) is 4. The van der Waals surface area contributed by atoms with Gasteiger partial charge in [-0.1, -0.05) is 18.2 Å². The predicted molar refractivity (Wildman–Crippen MR) is 98.4 cm³/mol. The normalized spacial score (nSPS) is 13.1. The first-order valence-electron chi connectivity index (χ1n) is 8.52. The summed E-state index contributed by atoms with van der Waals surface area (Å²) in [6.45, 7) is 2.85. The number of aromatic amines is 1. The van der Waals surface area contributed by atoms with Crippen molar-refractivity contribution in [2.45, 2.75) is 6.92 Å². The number of rotatable bonds is 2. The van der Waals surface area contributed by atoms with Crippen LogP contribution in [0.5, 0.6) is 11.5 Å². The number of benzene rings is 2. The van der Waals surface area contributed by atoms with E-state index in [-0.39, 0.29) is 5.56 Å². The van der Waals surface area contributed by atoms with Gasteiger partial charge in [0.25, 0.3) is 5.56 Å². The standard InChI is InChI=1S/C19H15N5O3/c1-11-20-18(17-13-4-2-3-5-14(13)19(25)22-21-17)24(23-11)12-6-7-15-16(10-12)27-9-8-26-15/h2-7,10H,8-9H2,1H3,(H,22,25). The maximum absolute atomic E-state index is 12.1. The first kappa shape index (κ1) is 15.6. The molecule has 0 atom stereocenters. The van der Waals surface area contributed by atoms with Gasteiger partial charge in [-0.25, -0.2) is 14.8 Å². The summed E-state index contributed by atoms with van der Waals surface area (Å²) in [5, 5.41) is 12.6. The summed E-state index contributed by atoms with van der Waals surface area (Å²) in [5.74, 6) is 2.50. The van der Waals surface area contributed by atoms with Crippen molar-refractivity contribution in [3.8, 4) is 28.7 Å². The average molecular weight is 361 g/mol. The second kappa shape index (κ2) is 5.94. The van der Waals surface area contributed by atoms with Crippen molar-refractivity contribution in [3.05, 3.63) is 58.6 Å². The van der Waals surface area contributed by atoms with Crippen molar-refractivity contribution >= 4 is 10.8 Å². The van der Waals surface area contributed by atoms with Crippen molar-refractivity contribution in [2.24, 2.45) is 0 Å². The maximum atomic E-state index is 12.1. The Bertz CT molecular complexity index is 1230. The van der Waals surface area contributed by atoms with Crippen molar-refractivity contribution < 1.29 is 9.47 Å². The molecule has 5 rings (SSSR count). The van der Waals surface area contributed by atoms with E-state index in [0.717, 1.165) is 5.69 Å². The highest BCUT2D eigenvalue weighted by Crippen LogP contribution is 2.33. The van der Waals surface area contributed by atoms with Crippen molar-refractivity contribution in [1.82, 2.24) is 25.0 Å². The molecule has 0 spiro atoms. The summed E-state index contributed by atoms with van der Waals surface area (Å²) < 4.78 is 13.0. The molecule has 0 fully saturated rings. The van der Waals surface area contributed by atoms with E-state index in [1.165, 1.54) is 0 Å². The molecule has 134 valence electrons. The third-order valence-corrected chi connectivity index (χ3v) is 4.39. The Labute approximate surface area is 153 Å². The predicted octanol–water partition coefficient (Wildman–Crippen LogP) is 2.25. The van der Waals surface area contributed by atoms with E-state index in [1.807, 2.05) is 43.3 Å². The molecule has 0 bridgehead atoms. The molecule has 2 aromatic heterocycles. The Kier molecular flexibility index (Phi) is 3.43. The van der Waals surface area contributed by atoms with E-state index >= 15 is 0 Å². The minimum absolute atomic E-state index is 0.239. The summed E-state index contributed by atoms with van der Waals surface area (Å²) in [5.41, 5.74) is 1.09. The van der Waals surface area contributed by atoms with Gasteiger partial charge in [0.15, 0.2) is 17.3 Å². The van der Waals surface area contributed by atoms with Gasteiger partial charge in [-0.15, -0.1) is 0 Å². The molecule has 3 heterocycles. The molecule has 4 aromatic rings. The van der Waals surface area contributed by atoms with Crippen LogP contribution in [0.15, 0.2) is 47.3 Å². The molecule has 0 saturated carbocycles. The molecule has 1 aliphatic heterocycles. The lowest BCUT2D eigenvalue weighted by Crippen LogP contribution is -2.15. The quantitative estimate of drug-likeness (QED) is 0.588. The number of H-pyrrole nitrogens is 1. The van der Waals surface area contributed by atoms with Crippen LogP contribution in [0, 0.1) is 6.92 Å². The number of hydrogen-bond acceptors (Lipinski definition) is 6. The highest BCUT2D eigenvalue weighted by Gasteiger charge is 2.19. The van der Waals surface area contributed by atoms with Crippen LogP contribution in [0.2, 0.25) is 0 Å². The first-order chi connectivity index (χ1) is 13.2. The van der Waals surface area contributed by atoms with E-state index in [1.54, 1.807) is 10.7 Å². The van der Waals surface area contributed by atoms with Crippen LogP contribution in [0.25, 0.3) is 28.0 Å². The molecule has 27 heavy (non-hydrogen) atoms. The van der Waals surface area contributed by atoms with Crippen LogP contribution in [-0.4, -0.2) is 38.2 Å². The number of hydrogen-bond donors (Lipinski definition) is 1. The zero-order valence-electron chi connectivity index (χ0n) is 14.5. The number of fused-ring (bicyclic) bond motifs is 2. The van der Waals surface area contributed by atoms with Gasteiger partial charge in [0, 0.05) is 11.5 Å². The second-order valence-corrected chi connectivity index (χ2v) is 6.17.